The highest BCUT2D eigenvalue weighted by atomic mass is 16.5. The van der Waals surface area contributed by atoms with Crippen molar-refractivity contribution in [2.75, 3.05) is 13.2 Å². The van der Waals surface area contributed by atoms with Crippen molar-refractivity contribution in [2.24, 2.45) is 0 Å². The molecule has 0 heterocycles. The monoisotopic (exact) mass is 336 g/mol. The van der Waals surface area contributed by atoms with Crippen LogP contribution < -0.4 is 9.47 Å². The molecule has 2 aromatic rings. The minimum atomic E-state index is 0.366. The lowest BCUT2D eigenvalue weighted by molar-refractivity contribution is 0.352. The van der Waals surface area contributed by atoms with Crippen molar-refractivity contribution in [3.63, 3.8) is 0 Å². The first kappa shape index (κ1) is 18.9. The fourth-order valence-electron chi connectivity index (χ4n) is 2.67. The molecule has 25 heavy (non-hydrogen) atoms. The van der Waals surface area contributed by atoms with E-state index in [0.717, 1.165) is 29.1 Å². The van der Waals surface area contributed by atoms with Crippen LogP contribution in [0.15, 0.2) is 72.8 Å². The third kappa shape index (κ3) is 5.82. The van der Waals surface area contributed by atoms with E-state index in [1.807, 2.05) is 38.1 Å². The number of hydrogen-bond acceptors (Lipinski definition) is 2. The molecule has 0 fully saturated rings. The standard InChI is InChI=1S/C23H28O2/c1-6-23(19-7-11-21(12-8-19)24-15-17(2)3)20-9-13-22(14-10-20)25-16-18(4)5/h7-14,23H,2,4,6,15-16H2,1,3,5H3. The molecule has 0 bridgehead atoms. The molecular formula is C23H28O2. The van der Waals surface area contributed by atoms with Gasteiger partial charge in [0.25, 0.3) is 0 Å². The van der Waals surface area contributed by atoms with Gasteiger partial charge in [0, 0.05) is 5.92 Å². The molecule has 0 N–H and O–H groups in total. The van der Waals surface area contributed by atoms with E-state index < -0.39 is 0 Å². The SMILES string of the molecule is C=C(C)COc1ccc(C(CC)c2ccc(OCC(=C)C)cc2)cc1. The summed E-state index contributed by atoms with van der Waals surface area (Å²) in [6.45, 7) is 15.0. The smallest absolute Gasteiger partial charge is 0.119 e. The van der Waals surface area contributed by atoms with Crippen molar-refractivity contribution in [2.45, 2.75) is 33.1 Å². The van der Waals surface area contributed by atoms with Gasteiger partial charge in [0.1, 0.15) is 24.7 Å². The van der Waals surface area contributed by atoms with Crippen LogP contribution in [0.1, 0.15) is 44.2 Å². The summed E-state index contributed by atoms with van der Waals surface area (Å²) in [5.41, 5.74) is 4.62. The van der Waals surface area contributed by atoms with Gasteiger partial charge in [-0.05, 0) is 66.8 Å². The normalized spacial score (nSPS) is 10.6. The molecule has 2 nitrogen and oxygen atoms in total. The zero-order valence-corrected chi connectivity index (χ0v) is 15.5. The zero-order valence-electron chi connectivity index (χ0n) is 15.5. The van der Waals surface area contributed by atoms with Crippen molar-refractivity contribution < 1.29 is 9.47 Å². The molecular weight excluding hydrogens is 308 g/mol. The Morgan fingerprint density at radius 1 is 0.760 bits per heavy atom. The Kier molecular flexibility index (Phi) is 6.88. The van der Waals surface area contributed by atoms with Gasteiger partial charge in [-0.25, -0.2) is 0 Å². The second kappa shape index (κ2) is 9.12. The Morgan fingerprint density at radius 3 is 1.40 bits per heavy atom. The van der Waals surface area contributed by atoms with E-state index >= 15 is 0 Å². The second-order valence-corrected chi connectivity index (χ2v) is 6.59. The maximum absolute atomic E-state index is 5.68. The van der Waals surface area contributed by atoms with Crippen molar-refractivity contribution in [1.82, 2.24) is 0 Å². The lowest BCUT2D eigenvalue weighted by Gasteiger charge is -2.17. The van der Waals surface area contributed by atoms with E-state index in [-0.39, 0.29) is 0 Å². The largest absolute Gasteiger partial charge is 0.489 e. The molecule has 0 aliphatic carbocycles. The summed E-state index contributed by atoms with van der Waals surface area (Å²) in [5.74, 6) is 2.13. The van der Waals surface area contributed by atoms with Crippen molar-refractivity contribution in [3.8, 4) is 11.5 Å². The third-order valence-electron chi connectivity index (χ3n) is 3.94. The van der Waals surface area contributed by atoms with Crippen LogP contribution in [-0.4, -0.2) is 13.2 Å². The summed E-state index contributed by atoms with van der Waals surface area (Å²) in [6, 6.07) is 16.7. The van der Waals surface area contributed by atoms with Gasteiger partial charge in [-0.2, -0.15) is 0 Å². The fraction of sp³-hybridized carbons (Fsp3) is 0.304. The minimum Gasteiger partial charge on any atom is -0.489 e. The van der Waals surface area contributed by atoms with Crippen LogP contribution in [0.3, 0.4) is 0 Å². The molecule has 0 saturated heterocycles. The number of rotatable bonds is 9. The van der Waals surface area contributed by atoms with Gasteiger partial charge < -0.3 is 9.47 Å². The molecule has 0 aliphatic heterocycles. The van der Waals surface area contributed by atoms with Gasteiger partial charge >= 0.3 is 0 Å². The molecule has 2 heteroatoms. The van der Waals surface area contributed by atoms with E-state index in [0.29, 0.717) is 19.1 Å². The third-order valence-corrected chi connectivity index (χ3v) is 3.94. The molecule has 0 saturated carbocycles. The Hall–Kier alpha value is -2.48. The fourth-order valence-corrected chi connectivity index (χ4v) is 2.67. The minimum absolute atomic E-state index is 0.366. The molecule has 0 amide bonds. The Labute approximate surface area is 151 Å². The molecule has 0 spiro atoms. The lowest BCUT2D eigenvalue weighted by atomic mass is 9.89. The van der Waals surface area contributed by atoms with E-state index in [9.17, 15) is 0 Å². The van der Waals surface area contributed by atoms with Crippen LogP contribution >= 0.6 is 0 Å². The van der Waals surface area contributed by atoms with Crippen molar-refractivity contribution >= 4 is 0 Å². The van der Waals surface area contributed by atoms with Gasteiger partial charge in [-0.15, -0.1) is 0 Å². The van der Waals surface area contributed by atoms with Crippen LogP contribution in [0.2, 0.25) is 0 Å². The number of hydrogen-bond donors (Lipinski definition) is 0. The van der Waals surface area contributed by atoms with Gasteiger partial charge in [-0.3, -0.25) is 0 Å². The summed E-state index contributed by atoms with van der Waals surface area (Å²) in [6.07, 6.45) is 1.04. The van der Waals surface area contributed by atoms with E-state index in [2.05, 4.69) is 44.3 Å². The quantitative estimate of drug-likeness (QED) is 0.512. The molecule has 0 aromatic heterocycles. The highest BCUT2D eigenvalue weighted by Crippen LogP contribution is 2.30. The molecule has 0 radical (unpaired) electrons. The lowest BCUT2D eigenvalue weighted by Crippen LogP contribution is -2.02. The topological polar surface area (TPSA) is 18.5 Å². The molecule has 0 atom stereocenters. The molecule has 2 aromatic carbocycles. The summed E-state index contributed by atoms with van der Waals surface area (Å²) in [7, 11) is 0. The van der Waals surface area contributed by atoms with Crippen LogP contribution in [0.4, 0.5) is 0 Å². The zero-order chi connectivity index (χ0) is 18.2. The molecule has 0 aliphatic rings. The second-order valence-electron chi connectivity index (χ2n) is 6.59. The van der Waals surface area contributed by atoms with Crippen molar-refractivity contribution in [1.29, 1.82) is 0 Å². The Balaban J connectivity index is 2.08. The summed E-state index contributed by atoms with van der Waals surface area (Å²) >= 11 is 0. The van der Waals surface area contributed by atoms with Crippen LogP contribution in [0.5, 0.6) is 11.5 Å². The maximum Gasteiger partial charge on any atom is 0.119 e. The number of benzene rings is 2. The summed E-state index contributed by atoms with van der Waals surface area (Å²) < 4.78 is 11.4. The predicted molar refractivity (Wildman–Crippen MR) is 106 cm³/mol. The van der Waals surface area contributed by atoms with E-state index in [1.54, 1.807) is 0 Å². The van der Waals surface area contributed by atoms with Crippen molar-refractivity contribution in [3.05, 3.63) is 84.0 Å². The first-order valence-electron chi connectivity index (χ1n) is 8.74. The molecule has 0 unspecified atom stereocenters. The van der Waals surface area contributed by atoms with Gasteiger partial charge in [0.05, 0.1) is 0 Å². The van der Waals surface area contributed by atoms with Gasteiger partial charge in [-0.1, -0.05) is 44.3 Å². The maximum atomic E-state index is 5.68. The van der Waals surface area contributed by atoms with E-state index in [4.69, 9.17) is 9.47 Å². The average Bonchev–Trinajstić information content (AvgIpc) is 2.61. The molecule has 2 rings (SSSR count). The van der Waals surface area contributed by atoms with Crippen LogP contribution in [0, 0.1) is 0 Å². The number of ether oxygens (including phenoxy) is 2. The van der Waals surface area contributed by atoms with E-state index in [1.165, 1.54) is 11.1 Å². The average molecular weight is 336 g/mol. The summed E-state index contributed by atoms with van der Waals surface area (Å²) in [5, 5.41) is 0. The van der Waals surface area contributed by atoms with Crippen LogP contribution in [0.25, 0.3) is 0 Å². The van der Waals surface area contributed by atoms with Gasteiger partial charge in [0.15, 0.2) is 0 Å². The Bertz CT molecular complexity index is 634. The first-order chi connectivity index (χ1) is 12.0. The Morgan fingerprint density at radius 2 is 1.12 bits per heavy atom. The van der Waals surface area contributed by atoms with Crippen LogP contribution in [-0.2, 0) is 0 Å². The first-order valence-corrected chi connectivity index (χ1v) is 8.74. The molecule has 132 valence electrons. The van der Waals surface area contributed by atoms with Gasteiger partial charge in [0.2, 0.25) is 0 Å². The highest BCUT2D eigenvalue weighted by molar-refractivity contribution is 5.38. The summed E-state index contributed by atoms with van der Waals surface area (Å²) in [4.78, 5) is 0. The highest BCUT2D eigenvalue weighted by Gasteiger charge is 2.12. The predicted octanol–water partition coefficient (Wildman–Crippen LogP) is 6.14.